The Morgan fingerprint density at radius 3 is 2.53 bits per heavy atom. The average Bonchev–Trinajstić information content (AvgIpc) is 2.15. The van der Waals surface area contributed by atoms with Crippen molar-refractivity contribution in [3.63, 3.8) is 0 Å². The van der Waals surface area contributed by atoms with E-state index in [2.05, 4.69) is 20.7 Å². The van der Waals surface area contributed by atoms with Crippen LogP contribution in [0.2, 0.25) is 0 Å². The minimum atomic E-state index is -3.83. The van der Waals surface area contributed by atoms with Crippen LogP contribution in [0, 0.1) is 6.92 Å². The van der Waals surface area contributed by atoms with Crippen molar-refractivity contribution in [3.05, 3.63) is 28.2 Å². The molecule has 0 spiro atoms. The Morgan fingerprint density at radius 1 is 1.47 bits per heavy atom. The molecule has 7 heteroatoms. The summed E-state index contributed by atoms with van der Waals surface area (Å²) < 4.78 is 26.2. The Kier molecular flexibility index (Phi) is 4.29. The van der Waals surface area contributed by atoms with Crippen LogP contribution in [-0.4, -0.2) is 25.5 Å². The molecule has 0 bridgehead atoms. The molecule has 0 aliphatic carbocycles. The maximum Gasteiger partial charge on any atom is 0.321 e. The highest BCUT2D eigenvalue weighted by atomic mass is 79.9. The molecule has 0 saturated heterocycles. The molecule has 1 aromatic carbocycles. The van der Waals surface area contributed by atoms with Crippen LogP contribution in [0.3, 0.4) is 0 Å². The van der Waals surface area contributed by atoms with Crippen LogP contribution in [-0.2, 0) is 14.8 Å². The fourth-order valence-corrected chi connectivity index (χ4v) is 3.56. The standard InChI is InChI=1S/C10H12BrNO4S/c1-6-3-4-9(8(11)5-6)17(15,16)12-7(2)10(13)14/h3-5,7,12H,1-2H3,(H,13,14)/t7-/m1/s1. The number of aryl methyl sites for hydroxylation is 1. The molecule has 5 nitrogen and oxygen atoms in total. The van der Waals surface area contributed by atoms with E-state index in [1.807, 2.05) is 6.92 Å². The molecule has 0 aliphatic rings. The van der Waals surface area contributed by atoms with Crippen LogP contribution in [0.1, 0.15) is 12.5 Å². The fourth-order valence-electron chi connectivity index (χ4n) is 1.17. The number of sulfonamides is 1. The van der Waals surface area contributed by atoms with Gasteiger partial charge in [-0.1, -0.05) is 6.07 Å². The van der Waals surface area contributed by atoms with E-state index in [1.165, 1.54) is 13.0 Å². The first-order chi connectivity index (χ1) is 7.74. The number of halogens is 1. The van der Waals surface area contributed by atoms with Gasteiger partial charge >= 0.3 is 5.97 Å². The third-order valence-electron chi connectivity index (χ3n) is 2.08. The van der Waals surface area contributed by atoms with Gasteiger partial charge in [0.25, 0.3) is 0 Å². The zero-order valence-electron chi connectivity index (χ0n) is 9.27. The van der Waals surface area contributed by atoms with Crippen molar-refractivity contribution >= 4 is 31.9 Å². The predicted molar refractivity (Wildman–Crippen MR) is 66.3 cm³/mol. The van der Waals surface area contributed by atoms with Crippen LogP contribution >= 0.6 is 15.9 Å². The number of carboxylic acids is 1. The van der Waals surface area contributed by atoms with Gasteiger partial charge in [0.05, 0.1) is 4.90 Å². The molecule has 0 heterocycles. The third-order valence-corrected chi connectivity index (χ3v) is 4.60. The number of carboxylic acid groups (broad SMARTS) is 1. The summed E-state index contributed by atoms with van der Waals surface area (Å²) in [6.45, 7) is 3.09. The smallest absolute Gasteiger partial charge is 0.321 e. The Hall–Kier alpha value is -0.920. The summed E-state index contributed by atoms with van der Waals surface area (Å²) in [5, 5.41) is 8.67. The van der Waals surface area contributed by atoms with E-state index in [9.17, 15) is 13.2 Å². The van der Waals surface area contributed by atoms with Gasteiger partial charge in [-0.2, -0.15) is 4.72 Å². The number of hydrogen-bond donors (Lipinski definition) is 2. The first-order valence-corrected chi connectivity index (χ1v) is 7.03. The summed E-state index contributed by atoms with van der Waals surface area (Å²) in [5.41, 5.74) is 0.905. The zero-order chi connectivity index (χ0) is 13.2. The number of benzene rings is 1. The molecule has 1 atom stereocenters. The quantitative estimate of drug-likeness (QED) is 0.880. The second-order valence-electron chi connectivity index (χ2n) is 3.62. The van der Waals surface area contributed by atoms with E-state index in [-0.39, 0.29) is 4.90 Å². The van der Waals surface area contributed by atoms with Gasteiger partial charge in [0.1, 0.15) is 6.04 Å². The number of rotatable bonds is 4. The molecule has 0 unspecified atom stereocenters. The normalized spacial score (nSPS) is 13.4. The minimum absolute atomic E-state index is 0.0243. The van der Waals surface area contributed by atoms with Gasteiger partial charge in [-0.05, 0) is 47.5 Å². The topological polar surface area (TPSA) is 83.5 Å². The highest BCUT2D eigenvalue weighted by Gasteiger charge is 2.23. The van der Waals surface area contributed by atoms with Gasteiger partial charge in [0.15, 0.2) is 0 Å². The monoisotopic (exact) mass is 321 g/mol. The molecule has 2 N–H and O–H groups in total. The highest BCUT2D eigenvalue weighted by Crippen LogP contribution is 2.23. The molecule has 94 valence electrons. The van der Waals surface area contributed by atoms with Crippen molar-refractivity contribution in [2.75, 3.05) is 0 Å². The maximum atomic E-state index is 11.9. The van der Waals surface area contributed by atoms with E-state index in [0.29, 0.717) is 4.47 Å². The molecule has 0 saturated carbocycles. The van der Waals surface area contributed by atoms with Crippen LogP contribution in [0.15, 0.2) is 27.6 Å². The van der Waals surface area contributed by atoms with Crippen molar-refractivity contribution in [1.82, 2.24) is 4.72 Å². The van der Waals surface area contributed by atoms with Crippen molar-refractivity contribution in [2.45, 2.75) is 24.8 Å². The second kappa shape index (κ2) is 5.16. The van der Waals surface area contributed by atoms with E-state index < -0.39 is 22.0 Å². The molecule has 0 fully saturated rings. The molecular formula is C10H12BrNO4S. The van der Waals surface area contributed by atoms with E-state index >= 15 is 0 Å². The number of hydrogen-bond acceptors (Lipinski definition) is 3. The van der Waals surface area contributed by atoms with Crippen molar-refractivity contribution in [3.8, 4) is 0 Å². The lowest BCUT2D eigenvalue weighted by Gasteiger charge is -2.11. The summed E-state index contributed by atoms with van der Waals surface area (Å²) in [5.74, 6) is -1.23. The molecule has 0 aliphatic heterocycles. The fraction of sp³-hybridized carbons (Fsp3) is 0.300. The second-order valence-corrected chi connectivity index (χ2v) is 6.15. The molecule has 0 radical (unpaired) electrons. The lowest BCUT2D eigenvalue weighted by Crippen LogP contribution is -2.38. The Labute approximate surface area is 108 Å². The summed E-state index contributed by atoms with van der Waals surface area (Å²) in [7, 11) is -3.83. The van der Waals surface area contributed by atoms with E-state index in [0.717, 1.165) is 5.56 Å². The van der Waals surface area contributed by atoms with Crippen LogP contribution < -0.4 is 4.72 Å². The first-order valence-electron chi connectivity index (χ1n) is 4.75. The van der Waals surface area contributed by atoms with E-state index in [4.69, 9.17) is 5.11 Å². The van der Waals surface area contributed by atoms with Gasteiger partial charge in [-0.15, -0.1) is 0 Å². The van der Waals surface area contributed by atoms with Crippen LogP contribution in [0.5, 0.6) is 0 Å². The largest absolute Gasteiger partial charge is 0.480 e. The van der Waals surface area contributed by atoms with Gasteiger partial charge in [-0.25, -0.2) is 8.42 Å². The van der Waals surface area contributed by atoms with Crippen molar-refractivity contribution in [2.24, 2.45) is 0 Å². The third kappa shape index (κ3) is 3.52. The molecule has 0 amide bonds. The van der Waals surface area contributed by atoms with Gasteiger partial charge in [-0.3, -0.25) is 4.79 Å². The first kappa shape index (κ1) is 14.1. The van der Waals surface area contributed by atoms with E-state index in [1.54, 1.807) is 12.1 Å². The summed E-state index contributed by atoms with van der Waals surface area (Å²) in [4.78, 5) is 10.6. The highest BCUT2D eigenvalue weighted by molar-refractivity contribution is 9.10. The van der Waals surface area contributed by atoms with Gasteiger partial charge < -0.3 is 5.11 Å². The molecule has 17 heavy (non-hydrogen) atoms. The Bertz CT molecular complexity index is 541. The number of carbonyl (C=O) groups is 1. The Balaban J connectivity index is 3.10. The van der Waals surface area contributed by atoms with Crippen molar-refractivity contribution < 1.29 is 18.3 Å². The van der Waals surface area contributed by atoms with Crippen LogP contribution in [0.4, 0.5) is 0 Å². The predicted octanol–water partition coefficient (Wildman–Crippen LogP) is 1.51. The molecule has 1 aromatic rings. The lowest BCUT2D eigenvalue weighted by molar-refractivity contribution is -0.138. The average molecular weight is 322 g/mol. The molecule has 0 aromatic heterocycles. The SMILES string of the molecule is Cc1ccc(S(=O)(=O)N[C@H](C)C(=O)O)c(Br)c1. The van der Waals surface area contributed by atoms with Gasteiger partial charge in [0.2, 0.25) is 10.0 Å². The molecule has 1 rings (SSSR count). The van der Waals surface area contributed by atoms with Gasteiger partial charge in [0, 0.05) is 4.47 Å². The molecular weight excluding hydrogens is 310 g/mol. The van der Waals surface area contributed by atoms with Crippen LogP contribution in [0.25, 0.3) is 0 Å². The van der Waals surface area contributed by atoms with Crippen molar-refractivity contribution in [1.29, 1.82) is 0 Å². The Morgan fingerprint density at radius 2 is 2.06 bits per heavy atom. The maximum absolute atomic E-state index is 11.9. The summed E-state index contributed by atoms with van der Waals surface area (Å²) in [6, 6.07) is 3.55. The zero-order valence-corrected chi connectivity index (χ0v) is 11.7. The number of nitrogens with one attached hydrogen (secondary N) is 1. The minimum Gasteiger partial charge on any atom is -0.480 e. The summed E-state index contributed by atoms with van der Waals surface area (Å²) >= 11 is 3.14. The summed E-state index contributed by atoms with van der Waals surface area (Å²) in [6.07, 6.45) is 0. The lowest BCUT2D eigenvalue weighted by atomic mass is 10.2. The number of aliphatic carboxylic acids is 1.